The monoisotopic (exact) mass is 300 g/mol. The second-order valence-corrected chi connectivity index (χ2v) is 5.63. The molecule has 0 spiro atoms. The molecule has 1 N–H and O–H groups in total. The second kappa shape index (κ2) is 4.65. The molecule has 1 aromatic heterocycles. The van der Waals surface area contributed by atoms with Crippen molar-refractivity contribution in [2.75, 3.05) is 0 Å². The molecule has 0 aliphatic rings. The van der Waals surface area contributed by atoms with Gasteiger partial charge in [0.05, 0.1) is 0 Å². The van der Waals surface area contributed by atoms with Gasteiger partial charge in [-0.25, -0.2) is 4.39 Å². The highest BCUT2D eigenvalue weighted by Crippen LogP contribution is 2.28. The van der Waals surface area contributed by atoms with Crippen molar-refractivity contribution < 1.29 is 9.50 Å². The van der Waals surface area contributed by atoms with Gasteiger partial charge in [-0.3, -0.25) is 0 Å². The Hall–Kier alpha value is -0.710. The third-order valence-electron chi connectivity index (χ3n) is 2.27. The number of aliphatic hydroxyl groups excluding tert-OH is 1. The third-order valence-corrected chi connectivity index (χ3v) is 3.60. The van der Waals surface area contributed by atoms with E-state index >= 15 is 0 Å². The third kappa shape index (κ3) is 2.51. The summed E-state index contributed by atoms with van der Waals surface area (Å²) in [7, 11) is 0. The van der Waals surface area contributed by atoms with Gasteiger partial charge in [-0.15, -0.1) is 11.3 Å². The number of thiophene rings is 1. The average molecular weight is 301 g/mol. The quantitative estimate of drug-likeness (QED) is 0.887. The van der Waals surface area contributed by atoms with Crippen molar-refractivity contribution in [3.63, 3.8) is 0 Å². The van der Waals surface area contributed by atoms with Gasteiger partial charge in [0.15, 0.2) is 0 Å². The van der Waals surface area contributed by atoms with E-state index in [-0.39, 0.29) is 5.82 Å². The van der Waals surface area contributed by atoms with Crippen molar-refractivity contribution in [1.82, 2.24) is 0 Å². The van der Waals surface area contributed by atoms with Crippen LogP contribution in [-0.2, 0) is 0 Å². The van der Waals surface area contributed by atoms with Crippen LogP contribution in [0, 0.1) is 12.7 Å². The molecular weight excluding hydrogens is 291 g/mol. The molecule has 0 aliphatic heterocycles. The minimum atomic E-state index is -0.767. The Bertz CT molecular complexity index is 489. The summed E-state index contributed by atoms with van der Waals surface area (Å²) < 4.78 is 13.8. The summed E-state index contributed by atoms with van der Waals surface area (Å²) in [5.41, 5.74) is 1.37. The molecule has 2 aromatic rings. The van der Waals surface area contributed by atoms with Gasteiger partial charge in [-0.05, 0) is 47.7 Å². The molecule has 1 aromatic carbocycles. The largest absolute Gasteiger partial charge is 0.384 e. The Labute approximate surface area is 106 Å². The SMILES string of the molecule is Cc1cc(C(O)c2cc(F)cc(Br)c2)cs1. The van der Waals surface area contributed by atoms with Crippen molar-refractivity contribution in [1.29, 1.82) is 0 Å². The van der Waals surface area contributed by atoms with E-state index in [1.807, 2.05) is 18.4 Å². The van der Waals surface area contributed by atoms with Crippen molar-refractivity contribution in [2.45, 2.75) is 13.0 Å². The van der Waals surface area contributed by atoms with Crippen LogP contribution in [-0.4, -0.2) is 5.11 Å². The van der Waals surface area contributed by atoms with Gasteiger partial charge in [0.25, 0.3) is 0 Å². The van der Waals surface area contributed by atoms with Crippen molar-refractivity contribution >= 4 is 27.3 Å². The van der Waals surface area contributed by atoms with Crippen LogP contribution in [0.5, 0.6) is 0 Å². The molecule has 0 aliphatic carbocycles. The Morgan fingerprint density at radius 3 is 2.56 bits per heavy atom. The van der Waals surface area contributed by atoms with Crippen LogP contribution in [0.1, 0.15) is 22.1 Å². The first-order valence-corrected chi connectivity index (χ1v) is 6.42. The van der Waals surface area contributed by atoms with Crippen LogP contribution in [0.25, 0.3) is 0 Å². The molecule has 2 rings (SSSR count). The van der Waals surface area contributed by atoms with E-state index in [4.69, 9.17) is 0 Å². The topological polar surface area (TPSA) is 20.2 Å². The first kappa shape index (κ1) is 11.8. The zero-order valence-corrected chi connectivity index (χ0v) is 11.0. The van der Waals surface area contributed by atoms with Crippen LogP contribution in [0.3, 0.4) is 0 Å². The summed E-state index contributed by atoms with van der Waals surface area (Å²) in [6.07, 6.45) is -0.767. The van der Waals surface area contributed by atoms with Crippen LogP contribution < -0.4 is 0 Å². The minimum absolute atomic E-state index is 0.352. The average Bonchev–Trinajstić information content (AvgIpc) is 2.62. The van der Waals surface area contributed by atoms with Crippen LogP contribution >= 0.6 is 27.3 Å². The van der Waals surface area contributed by atoms with Crippen molar-refractivity contribution in [3.05, 3.63) is 55.9 Å². The Morgan fingerprint density at radius 1 is 1.25 bits per heavy atom. The fourth-order valence-corrected chi connectivity index (χ4v) is 2.74. The van der Waals surface area contributed by atoms with Gasteiger partial charge in [0, 0.05) is 9.35 Å². The van der Waals surface area contributed by atoms with Crippen LogP contribution in [0.15, 0.2) is 34.1 Å². The van der Waals surface area contributed by atoms with Gasteiger partial charge < -0.3 is 5.11 Å². The zero-order chi connectivity index (χ0) is 11.7. The Kier molecular flexibility index (Phi) is 3.42. The Balaban J connectivity index is 2.37. The molecule has 1 heterocycles. The maximum atomic E-state index is 13.2. The zero-order valence-electron chi connectivity index (χ0n) is 8.58. The first-order chi connectivity index (χ1) is 7.56. The molecular formula is C12H10BrFOS. The smallest absolute Gasteiger partial charge is 0.124 e. The lowest BCUT2D eigenvalue weighted by molar-refractivity contribution is 0.220. The van der Waals surface area contributed by atoms with Crippen LogP contribution in [0.4, 0.5) is 4.39 Å². The van der Waals surface area contributed by atoms with Crippen molar-refractivity contribution in [3.8, 4) is 0 Å². The van der Waals surface area contributed by atoms with E-state index < -0.39 is 6.10 Å². The summed E-state index contributed by atoms with van der Waals surface area (Å²) in [6, 6.07) is 6.35. The molecule has 1 unspecified atom stereocenters. The lowest BCUT2D eigenvalue weighted by Gasteiger charge is -2.09. The highest BCUT2D eigenvalue weighted by atomic mass is 79.9. The summed E-state index contributed by atoms with van der Waals surface area (Å²) in [4.78, 5) is 1.13. The molecule has 0 saturated carbocycles. The summed E-state index contributed by atoms with van der Waals surface area (Å²) in [5, 5.41) is 12.0. The predicted octanol–water partition coefficient (Wildman–Crippen LogP) is 4.04. The van der Waals surface area contributed by atoms with Gasteiger partial charge in [-0.2, -0.15) is 0 Å². The predicted molar refractivity (Wildman–Crippen MR) is 67.2 cm³/mol. The number of hydrogen-bond donors (Lipinski definition) is 1. The van der Waals surface area contributed by atoms with E-state index in [0.717, 1.165) is 10.4 Å². The molecule has 16 heavy (non-hydrogen) atoms. The maximum Gasteiger partial charge on any atom is 0.124 e. The number of hydrogen-bond acceptors (Lipinski definition) is 2. The summed E-state index contributed by atoms with van der Waals surface area (Å²) in [5.74, 6) is -0.352. The van der Waals surface area contributed by atoms with Gasteiger partial charge in [0.1, 0.15) is 11.9 Å². The maximum absolute atomic E-state index is 13.2. The molecule has 0 bridgehead atoms. The van der Waals surface area contributed by atoms with Gasteiger partial charge in [-0.1, -0.05) is 15.9 Å². The first-order valence-electron chi connectivity index (χ1n) is 4.75. The fraction of sp³-hybridized carbons (Fsp3) is 0.167. The molecule has 4 heteroatoms. The van der Waals surface area contributed by atoms with Gasteiger partial charge >= 0.3 is 0 Å². The van der Waals surface area contributed by atoms with E-state index in [2.05, 4.69) is 15.9 Å². The van der Waals surface area contributed by atoms with Crippen LogP contribution in [0.2, 0.25) is 0 Å². The molecule has 1 nitrogen and oxygen atoms in total. The fourth-order valence-electron chi connectivity index (χ4n) is 1.53. The molecule has 0 saturated heterocycles. The highest BCUT2D eigenvalue weighted by Gasteiger charge is 2.13. The molecule has 0 amide bonds. The summed E-state index contributed by atoms with van der Waals surface area (Å²) >= 11 is 4.78. The van der Waals surface area contributed by atoms with Gasteiger partial charge in [0.2, 0.25) is 0 Å². The van der Waals surface area contributed by atoms with E-state index in [1.54, 1.807) is 17.4 Å². The van der Waals surface area contributed by atoms with E-state index in [1.165, 1.54) is 12.1 Å². The number of aliphatic hydroxyl groups is 1. The summed E-state index contributed by atoms with van der Waals surface area (Å²) in [6.45, 7) is 1.97. The lowest BCUT2D eigenvalue weighted by Crippen LogP contribution is -1.98. The standard InChI is InChI=1S/C12H10BrFOS/c1-7-2-9(6-16-7)12(15)8-3-10(13)5-11(14)4-8/h2-6,12,15H,1H3. The molecule has 0 radical (unpaired) electrons. The second-order valence-electron chi connectivity index (χ2n) is 3.60. The highest BCUT2D eigenvalue weighted by molar-refractivity contribution is 9.10. The van der Waals surface area contributed by atoms with E-state index in [0.29, 0.717) is 10.0 Å². The number of benzene rings is 1. The lowest BCUT2D eigenvalue weighted by atomic mass is 10.0. The number of rotatable bonds is 2. The normalized spacial score (nSPS) is 12.8. The van der Waals surface area contributed by atoms with Crippen molar-refractivity contribution in [2.24, 2.45) is 0 Å². The van der Waals surface area contributed by atoms with E-state index in [9.17, 15) is 9.50 Å². The Morgan fingerprint density at radius 2 is 2.00 bits per heavy atom. The molecule has 84 valence electrons. The number of halogens is 2. The minimum Gasteiger partial charge on any atom is -0.384 e. The molecule has 1 atom stereocenters. The number of aryl methyl sites for hydroxylation is 1. The molecule has 0 fully saturated rings.